The molecule has 10 aromatic rings. The molecule has 0 N–H and O–H groups in total. The van der Waals surface area contributed by atoms with E-state index in [0.29, 0.717) is 112 Å². The fourth-order valence-corrected chi connectivity index (χ4v) is 17.8. The summed E-state index contributed by atoms with van der Waals surface area (Å²) in [5, 5.41) is 1.01. The highest BCUT2D eigenvalue weighted by Crippen LogP contribution is 2.56. The molecule has 0 aliphatic heterocycles. The van der Waals surface area contributed by atoms with Crippen LogP contribution in [0.15, 0.2) is 212 Å². The van der Waals surface area contributed by atoms with Crippen molar-refractivity contribution in [2.75, 3.05) is 0 Å². The maximum Gasteiger partial charge on any atom is 0.647 e. The van der Waals surface area contributed by atoms with Crippen molar-refractivity contribution in [3.05, 3.63) is 279 Å². The Labute approximate surface area is 528 Å². The molecule has 0 saturated carbocycles. The van der Waals surface area contributed by atoms with Crippen LogP contribution in [0, 0.1) is 83.1 Å². The predicted molar refractivity (Wildman–Crippen MR) is 356 cm³/mol. The lowest BCUT2D eigenvalue weighted by Crippen LogP contribution is -2.68. The van der Waals surface area contributed by atoms with E-state index in [9.17, 15) is 0 Å². The average molecular weight is 1280 g/mol. The van der Waals surface area contributed by atoms with Gasteiger partial charge in [-0.1, -0.05) is 164 Å². The second-order valence-electron chi connectivity index (χ2n) is 22.2. The van der Waals surface area contributed by atoms with Crippen molar-refractivity contribution in [3.8, 4) is 63.2 Å². The molecule has 10 rings (SSSR count). The van der Waals surface area contributed by atoms with E-state index in [1.54, 1.807) is 66.7 Å². The molecule has 0 aromatic heterocycles. The summed E-state index contributed by atoms with van der Waals surface area (Å²) in [5.41, 5.74) is 8.57. The SMILES string of the molecule is Cc1cccc(C)c1OP(=O)(Oc1cccc(O[Si](Oc2cccc(OP(=O)(Oc3c(C)cccc3C)Oc3c(C)cccc3C)c2)(c2ccccc2)c2cccc(OP(=O)(Oc3c(C)cccc3C)Oc3c(C)cccc3C)c2)c1)Oc1c(C)cccc1C. The van der Waals surface area contributed by atoms with E-state index in [1.165, 1.54) is 0 Å². The van der Waals surface area contributed by atoms with Crippen molar-refractivity contribution in [2.24, 2.45) is 0 Å². The van der Waals surface area contributed by atoms with Gasteiger partial charge in [0, 0.05) is 22.5 Å². The molecule has 0 radical (unpaired) electrons. The molecule has 0 aliphatic rings. The van der Waals surface area contributed by atoms with Gasteiger partial charge in [0.2, 0.25) is 0 Å². The van der Waals surface area contributed by atoms with Crippen LogP contribution in [0.1, 0.15) is 66.8 Å². The summed E-state index contributed by atoms with van der Waals surface area (Å²) in [6.45, 7) is 22.2. The number of hydrogen-bond acceptors (Lipinski definition) is 14. The van der Waals surface area contributed by atoms with Crippen LogP contribution in [-0.2, 0) is 13.7 Å². The molecular weight excluding hydrogens is 1210 g/mol. The van der Waals surface area contributed by atoms with Crippen LogP contribution in [0.5, 0.6) is 63.2 Å². The minimum absolute atomic E-state index is 0.0634. The smallest absolute Gasteiger partial charge is 0.506 e. The number of rotatable bonds is 24. The van der Waals surface area contributed by atoms with Crippen molar-refractivity contribution < 1.29 is 63.3 Å². The number of para-hydroxylation sites is 6. The number of hydrogen-bond donors (Lipinski definition) is 0. The molecule has 90 heavy (non-hydrogen) atoms. The molecule has 0 bridgehead atoms. The van der Waals surface area contributed by atoms with Crippen LogP contribution in [0.4, 0.5) is 0 Å². The van der Waals surface area contributed by atoms with Gasteiger partial charge in [0.1, 0.15) is 63.2 Å². The lowest BCUT2D eigenvalue weighted by Gasteiger charge is -2.33. The molecule has 0 heterocycles. The third-order valence-corrected chi connectivity index (χ3v) is 21.8. The van der Waals surface area contributed by atoms with Crippen LogP contribution < -0.4 is 59.9 Å². The fourth-order valence-electron chi connectivity index (χ4n) is 10.2. The molecule has 18 heteroatoms. The van der Waals surface area contributed by atoms with Crippen molar-refractivity contribution in [1.29, 1.82) is 0 Å². The Morgan fingerprint density at radius 2 is 0.433 bits per heavy atom. The van der Waals surface area contributed by atoms with E-state index in [0.717, 1.165) is 0 Å². The quantitative estimate of drug-likeness (QED) is 0.0416. The van der Waals surface area contributed by atoms with E-state index in [-0.39, 0.29) is 28.7 Å². The van der Waals surface area contributed by atoms with Gasteiger partial charge in [-0.3, -0.25) is 0 Å². The van der Waals surface area contributed by atoms with Crippen molar-refractivity contribution in [1.82, 2.24) is 0 Å². The monoisotopic (exact) mass is 1280 g/mol. The summed E-state index contributed by atoms with van der Waals surface area (Å²) in [4.78, 5) is 0. The molecule has 0 aliphatic carbocycles. The summed E-state index contributed by atoms with van der Waals surface area (Å²) in [6.07, 6.45) is 0. The fraction of sp³-hybridized carbons (Fsp3) is 0.167. The van der Waals surface area contributed by atoms with Crippen LogP contribution in [0.25, 0.3) is 0 Å². The third-order valence-electron chi connectivity index (χ3n) is 14.8. The van der Waals surface area contributed by atoms with Gasteiger partial charge < -0.3 is 49.6 Å². The van der Waals surface area contributed by atoms with Gasteiger partial charge >= 0.3 is 32.0 Å². The maximum atomic E-state index is 15.6. The Bertz CT molecular complexity index is 3950. The Balaban J connectivity index is 1.11. The first-order chi connectivity index (χ1) is 43.0. The first kappa shape index (κ1) is 63.9. The van der Waals surface area contributed by atoms with E-state index in [1.807, 2.05) is 229 Å². The first-order valence-electron chi connectivity index (χ1n) is 29.2. The second kappa shape index (κ2) is 26.9. The van der Waals surface area contributed by atoms with E-state index >= 15 is 13.7 Å². The number of aryl methyl sites for hydroxylation is 12. The minimum atomic E-state index is -4.65. The molecule has 0 saturated heterocycles. The summed E-state index contributed by atoms with van der Waals surface area (Å²) < 4.78 is 119. The third kappa shape index (κ3) is 14.8. The van der Waals surface area contributed by atoms with E-state index in [2.05, 4.69) is 0 Å². The zero-order valence-corrected chi connectivity index (χ0v) is 55.9. The van der Waals surface area contributed by atoms with E-state index < -0.39 is 32.0 Å². The Morgan fingerprint density at radius 1 is 0.222 bits per heavy atom. The molecule has 0 spiro atoms. The van der Waals surface area contributed by atoms with Gasteiger partial charge in [-0.05, 0) is 186 Å². The van der Waals surface area contributed by atoms with Gasteiger partial charge in [0.15, 0.2) is 0 Å². The lowest BCUT2D eigenvalue weighted by atomic mass is 10.1. The van der Waals surface area contributed by atoms with Crippen LogP contribution >= 0.6 is 23.5 Å². The van der Waals surface area contributed by atoms with Gasteiger partial charge in [-0.15, -0.1) is 0 Å². The van der Waals surface area contributed by atoms with E-state index in [4.69, 9.17) is 49.6 Å². The normalized spacial score (nSPS) is 11.7. The molecule has 0 amide bonds. The Kier molecular flexibility index (Phi) is 19.1. The Morgan fingerprint density at radius 3 is 0.700 bits per heavy atom. The molecule has 462 valence electrons. The van der Waals surface area contributed by atoms with Crippen LogP contribution in [0.2, 0.25) is 0 Å². The average Bonchev–Trinajstić information content (AvgIpc) is 0.775. The van der Waals surface area contributed by atoms with Gasteiger partial charge in [0.25, 0.3) is 0 Å². The molecular formula is C72H71O14P3Si. The highest BCUT2D eigenvalue weighted by atomic mass is 31.2. The largest absolute Gasteiger partial charge is 0.647 e. The zero-order valence-electron chi connectivity index (χ0n) is 52.3. The minimum Gasteiger partial charge on any atom is -0.506 e. The summed E-state index contributed by atoms with van der Waals surface area (Å²) in [6, 6.07) is 62.8. The van der Waals surface area contributed by atoms with Gasteiger partial charge in [-0.2, -0.15) is 13.7 Å². The standard InChI is InChI=1S/C72H71O14P3Si/c1-48-25-16-26-49(2)67(48)79-87(73,80-68-50(3)27-17-28-51(68)4)76-60-37-22-40-63(45-60)85-90(65-42-14-13-15-43-65,66-44-24-39-62(47-66)78-89(75,83-71-56(9)33-20-34-57(71)10)84-72-58(11)35-21-36-59(72)12)86-64-41-23-38-61(46-64)77-88(74,81-69-52(5)29-18-30-53(69)6)82-70-54(7)31-19-32-55(70)8/h13-47H,1-12H3. The topological polar surface area (TPSA) is 153 Å². The Hall–Kier alpha value is -9.09. The zero-order chi connectivity index (χ0) is 64.0. The highest BCUT2D eigenvalue weighted by molar-refractivity contribution is 7.50. The molecule has 10 aromatic carbocycles. The number of phosphoric acid groups is 3. The molecule has 0 atom stereocenters. The number of phosphoric ester groups is 3. The van der Waals surface area contributed by atoms with Crippen molar-refractivity contribution >= 4 is 42.4 Å². The van der Waals surface area contributed by atoms with Gasteiger partial charge in [0.05, 0.1) is 0 Å². The summed E-state index contributed by atoms with van der Waals surface area (Å²) >= 11 is 0. The van der Waals surface area contributed by atoms with Crippen molar-refractivity contribution in [2.45, 2.75) is 83.1 Å². The lowest BCUT2D eigenvalue weighted by molar-refractivity contribution is 0.293. The summed E-state index contributed by atoms with van der Waals surface area (Å²) in [5.74, 6) is 2.61. The van der Waals surface area contributed by atoms with Gasteiger partial charge in [-0.25, -0.2) is 0 Å². The maximum absolute atomic E-state index is 15.6. The predicted octanol–water partition coefficient (Wildman–Crippen LogP) is 19.0. The molecule has 0 fully saturated rings. The molecule has 14 nitrogen and oxygen atoms in total. The van der Waals surface area contributed by atoms with Crippen molar-refractivity contribution in [3.63, 3.8) is 0 Å². The van der Waals surface area contributed by atoms with Crippen LogP contribution in [0.3, 0.4) is 0 Å². The first-order valence-corrected chi connectivity index (χ1v) is 35.4. The second-order valence-corrected chi connectivity index (χ2v) is 29.3. The van der Waals surface area contributed by atoms with Crippen LogP contribution in [-0.4, -0.2) is 8.56 Å². The highest BCUT2D eigenvalue weighted by Gasteiger charge is 2.49. The summed E-state index contributed by atoms with van der Waals surface area (Å²) in [7, 11) is -18.3. The number of benzene rings is 10. The molecule has 0 unspecified atom stereocenters.